The van der Waals surface area contributed by atoms with E-state index in [2.05, 4.69) is 15.2 Å². The first-order chi connectivity index (χ1) is 19.4. The van der Waals surface area contributed by atoms with Gasteiger partial charge < -0.3 is 29.5 Å². The predicted molar refractivity (Wildman–Crippen MR) is 152 cm³/mol. The van der Waals surface area contributed by atoms with Gasteiger partial charge in [-0.15, -0.1) is 0 Å². The van der Waals surface area contributed by atoms with Gasteiger partial charge in [-0.05, 0) is 45.0 Å². The molecule has 0 saturated carbocycles. The van der Waals surface area contributed by atoms with Crippen LogP contribution >= 0.6 is 0 Å². The van der Waals surface area contributed by atoms with Crippen LogP contribution in [0.25, 0.3) is 0 Å². The Hall–Kier alpha value is -4.10. The van der Waals surface area contributed by atoms with E-state index in [0.717, 1.165) is 0 Å². The lowest BCUT2D eigenvalue weighted by Gasteiger charge is -2.38. The predicted octanol–water partition coefficient (Wildman–Crippen LogP) is 3.48. The molecular weight excluding hydrogens is 550 g/mol. The number of hydrogen-bond donors (Lipinski definition) is 3. The minimum absolute atomic E-state index is 0.0447. The van der Waals surface area contributed by atoms with E-state index < -0.39 is 34.1 Å². The first kappa shape index (κ1) is 29.9. The molecule has 2 heterocycles. The summed E-state index contributed by atoms with van der Waals surface area (Å²) in [6, 6.07) is 11.5. The van der Waals surface area contributed by atoms with Crippen molar-refractivity contribution >= 4 is 33.3 Å². The van der Waals surface area contributed by atoms with E-state index in [1.165, 1.54) is 23.1 Å². The lowest BCUT2D eigenvalue weighted by atomic mass is 9.99. The number of fused-ring (bicyclic) bond motifs is 1. The number of aromatic nitrogens is 1. The van der Waals surface area contributed by atoms with Crippen LogP contribution in [0.3, 0.4) is 0 Å². The molecule has 0 fully saturated rings. The third kappa shape index (κ3) is 6.46. The number of urea groups is 1. The Kier molecular flexibility index (Phi) is 8.88. The Morgan fingerprint density at radius 1 is 1.20 bits per heavy atom. The van der Waals surface area contributed by atoms with Crippen molar-refractivity contribution in [1.29, 1.82) is 0 Å². The summed E-state index contributed by atoms with van der Waals surface area (Å²) in [5.41, 5.74) is 1.23. The van der Waals surface area contributed by atoms with Gasteiger partial charge in [-0.3, -0.25) is 9.52 Å². The van der Waals surface area contributed by atoms with Crippen molar-refractivity contribution in [3.8, 4) is 5.75 Å². The van der Waals surface area contributed by atoms with Crippen molar-refractivity contribution in [3.63, 3.8) is 0 Å². The largest absolute Gasteiger partial charge is 0.485 e. The van der Waals surface area contributed by atoms with Crippen LogP contribution in [-0.2, 0) is 10.0 Å². The molecule has 1 aliphatic heterocycles. The fourth-order valence-corrected chi connectivity index (χ4v) is 5.65. The third-order valence-electron chi connectivity index (χ3n) is 7.05. The first-order valence-corrected chi connectivity index (χ1v) is 14.7. The highest BCUT2D eigenvalue weighted by molar-refractivity contribution is 7.92. The summed E-state index contributed by atoms with van der Waals surface area (Å²) in [6.45, 7) is 7.09. The normalized spacial score (nSPS) is 18.0. The molecule has 0 saturated heterocycles. The SMILES string of the molecule is Cc1noc(C)c1NC(=O)N(C)C[C@@H]1Oc2c(NS(=O)(=O)c3ccccc3)cccc2C(=O)N([C@H](C)CO)C[C@H]1C. The van der Waals surface area contributed by atoms with Gasteiger partial charge in [0.25, 0.3) is 15.9 Å². The fraction of sp³-hybridized carbons (Fsp3) is 0.393. The number of para-hydroxylation sites is 1. The molecule has 1 aliphatic rings. The van der Waals surface area contributed by atoms with E-state index in [-0.39, 0.29) is 47.5 Å². The number of amides is 3. The minimum Gasteiger partial charge on any atom is -0.485 e. The molecule has 220 valence electrons. The van der Waals surface area contributed by atoms with E-state index in [9.17, 15) is 23.1 Å². The molecule has 3 aromatic rings. The molecule has 0 unspecified atom stereocenters. The summed E-state index contributed by atoms with van der Waals surface area (Å²) in [6.07, 6.45) is -0.655. The number of nitrogens with one attached hydrogen (secondary N) is 2. The molecule has 3 atom stereocenters. The Bertz CT molecular complexity index is 1490. The van der Waals surface area contributed by atoms with Gasteiger partial charge in [-0.1, -0.05) is 36.3 Å². The summed E-state index contributed by atoms with van der Waals surface area (Å²) >= 11 is 0. The number of carbonyl (C=O) groups excluding carboxylic acids is 2. The number of ether oxygens (including phenoxy) is 1. The van der Waals surface area contributed by atoms with E-state index in [4.69, 9.17) is 9.26 Å². The second kappa shape index (κ2) is 12.2. The van der Waals surface area contributed by atoms with Crippen LogP contribution in [0, 0.1) is 19.8 Å². The van der Waals surface area contributed by atoms with Crippen molar-refractivity contribution < 1.29 is 32.4 Å². The Labute approximate surface area is 239 Å². The maximum Gasteiger partial charge on any atom is 0.321 e. The number of nitrogens with zero attached hydrogens (tertiary/aromatic N) is 3. The van der Waals surface area contributed by atoms with Crippen molar-refractivity contribution in [1.82, 2.24) is 15.0 Å². The molecule has 0 aliphatic carbocycles. The number of carbonyl (C=O) groups is 2. The van der Waals surface area contributed by atoms with Gasteiger partial charge >= 0.3 is 6.03 Å². The molecule has 0 spiro atoms. The van der Waals surface area contributed by atoms with Gasteiger partial charge in [0.15, 0.2) is 11.5 Å². The zero-order valence-corrected chi connectivity index (χ0v) is 24.4. The van der Waals surface area contributed by atoms with Crippen molar-refractivity contribution in [2.45, 2.75) is 44.7 Å². The van der Waals surface area contributed by atoms with Crippen LogP contribution in [0.1, 0.15) is 35.7 Å². The zero-order chi connectivity index (χ0) is 29.9. The van der Waals surface area contributed by atoms with Crippen LogP contribution in [0.4, 0.5) is 16.2 Å². The molecule has 12 nitrogen and oxygen atoms in total. The third-order valence-corrected chi connectivity index (χ3v) is 8.44. The Morgan fingerprint density at radius 2 is 1.90 bits per heavy atom. The van der Waals surface area contributed by atoms with E-state index in [1.54, 1.807) is 63.1 Å². The summed E-state index contributed by atoms with van der Waals surface area (Å²) in [7, 11) is -2.41. The molecule has 3 amide bonds. The van der Waals surface area contributed by atoms with Crippen molar-refractivity contribution in [2.24, 2.45) is 5.92 Å². The summed E-state index contributed by atoms with van der Waals surface area (Å²) < 4.78 is 40.5. The van der Waals surface area contributed by atoms with Crippen LogP contribution in [-0.4, -0.2) is 79.3 Å². The van der Waals surface area contributed by atoms with Crippen LogP contribution in [0.5, 0.6) is 5.75 Å². The summed E-state index contributed by atoms with van der Waals surface area (Å²) in [5, 5.41) is 16.6. The second-order valence-corrected chi connectivity index (χ2v) is 11.9. The first-order valence-electron chi connectivity index (χ1n) is 13.2. The topological polar surface area (TPSA) is 154 Å². The smallest absolute Gasteiger partial charge is 0.321 e. The number of aliphatic hydroxyl groups excluding tert-OH is 1. The summed E-state index contributed by atoms with van der Waals surface area (Å²) in [5.74, 6) is -0.203. The molecule has 3 N–H and O–H groups in total. The lowest BCUT2D eigenvalue weighted by Crippen LogP contribution is -2.50. The molecule has 0 bridgehead atoms. The molecule has 2 aromatic carbocycles. The van der Waals surface area contributed by atoms with Gasteiger partial charge in [0, 0.05) is 19.5 Å². The average molecular weight is 586 g/mol. The van der Waals surface area contributed by atoms with Crippen molar-refractivity contribution in [3.05, 3.63) is 65.5 Å². The number of benzene rings is 2. The van der Waals surface area contributed by atoms with Gasteiger partial charge in [0.1, 0.15) is 17.5 Å². The fourth-order valence-electron chi connectivity index (χ4n) is 4.56. The highest BCUT2D eigenvalue weighted by Gasteiger charge is 2.35. The van der Waals surface area contributed by atoms with Gasteiger partial charge in [0.05, 0.1) is 35.3 Å². The molecule has 0 radical (unpaired) electrons. The monoisotopic (exact) mass is 585 g/mol. The summed E-state index contributed by atoms with van der Waals surface area (Å²) in [4.78, 5) is 29.8. The molecular formula is C28H35N5O7S. The highest BCUT2D eigenvalue weighted by atomic mass is 32.2. The lowest BCUT2D eigenvalue weighted by molar-refractivity contribution is 0.0373. The van der Waals surface area contributed by atoms with E-state index in [0.29, 0.717) is 17.1 Å². The molecule has 4 rings (SSSR count). The molecule has 13 heteroatoms. The average Bonchev–Trinajstić information content (AvgIpc) is 3.27. The number of anilines is 2. The Balaban J connectivity index is 1.69. The van der Waals surface area contributed by atoms with Gasteiger partial charge in [-0.25, -0.2) is 13.2 Å². The number of rotatable bonds is 8. The number of aliphatic hydroxyl groups is 1. The van der Waals surface area contributed by atoms with E-state index >= 15 is 0 Å². The quantitative estimate of drug-likeness (QED) is 0.363. The minimum atomic E-state index is -4.01. The van der Waals surface area contributed by atoms with Crippen molar-refractivity contribution in [2.75, 3.05) is 36.8 Å². The molecule has 41 heavy (non-hydrogen) atoms. The van der Waals surface area contributed by atoms with Crippen LogP contribution in [0.2, 0.25) is 0 Å². The van der Waals surface area contributed by atoms with Crippen LogP contribution in [0.15, 0.2) is 57.9 Å². The number of aryl methyl sites for hydroxylation is 2. The standard InChI is InChI=1S/C28H35N5O7S/c1-17-14-33(18(2)16-34)27(35)22-12-9-13-23(31-41(37,38)21-10-7-6-8-11-21)26(22)39-24(17)15-32(5)28(36)29-25-19(3)30-40-20(25)4/h6-13,17-18,24,31,34H,14-16H2,1-5H3,(H,29,36)/t17-,18-,24+/m1/s1. The maximum atomic E-state index is 13.7. The zero-order valence-electron chi connectivity index (χ0n) is 23.6. The molecule has 1 aromatic heterocycles. The number of likely N-dealkylation sites (N-methyl/N-ethyl adjacent to an activating group) is 1. The van der Waals surface area contributed by atoms with Crippen LogP contribution < -0.4 is 14.8 Å². The number of hydrogen-bond acceptors (Lipinski definition) is 8. The highest BCUT2D eigenvalue weighted by Crippen LogP contribution is 2.36. The second-order valence-electron chi connectivity index (χ2n) is 10.2. The Morgan fingerprint density at radius 3 is 2.54 bits per heavy atom. The van der Waals surface area contributed by atoms with Gasteiger partial charge in [-0.2, -0.15) is 0 Å². The van der Waals surface area contributed by atoms with Gasteiger partial charge in [0.2, 0.25) is 0 Å². The van der Waals surface area contributed by atoms with E-state index in [1.807, 2.05) is 6.92 Å². The number of sulfonamides is 1. The maximum absolute atomic E-state index is 13.7.